The Morgan fingerprint density at radius 1 is 1.16 bits per heavy atom. The van der Waals surface area contributed by atoms with Crippen molar-refractivity contribution in [2.24, 2.45) is 0 Å². The summed E-state index contributed by atoms with van der Waals surface area (Å²) in [5.41, 5.74) is 1.63. The van der Waals surface area contributed by atoms with E-state index in [-0.39, 0.29) is 5.91 Å². The highest BCUT2D eigenvalue weighted by Crippen LogP contribution is 2.15. The highest BCUT2D eigenvalue weighted by molar-refractivity contribution is 7.99. The Bertz CT molecular complexity index is 564. The van der Waals surface area contributed by atoms with E-state index in [1.807, 2.05) is 40.9 Å². The summed E-state index contributed by atoms with van der Waals surface area (Å²) in [5, 5.41) is 7.56. The molecule has 0 aliphatic carbocycles. The summed E-state index contributed by atoms with van der Waals surface area (Å²) in [5.74, 6) is 2.16. The Morgan fingerprint density at radius 3 is 2.63 bits per heavy atom. The lowest BCUT2D eigenvalue weighted by Gasteiger charge is -2.26. The van der Waals surface area contributed by atoms with E-state index >= 15 is 0 Å². The number of carbonyl (C=O) groups excluding carboxylic acids is 1. The molecule has 0 bridgehead atoms. The number of hydrogen-bond donors (Lipinski definition) is 0. The normalized spacial score (nSPS) is 15.5. The number of aromatic nitrogens is 3. The lowest BCUT2D eigenvalue weighted by Crippen LogP contribution is -2.37. The number of thioether (sulfide) groups is 1. The van der Waals surface area contributed by atoms with E-state index in [1.54, 1.807) is 17.2 Å². The Hall–Kier alpha value is -1.82. The number of rotatable bonds is 2. The topological polar surface area (TPSA) is 51.0 Å². The number of nitrogens with zero attached hydrogens (tertiary/aromatic N) is 4. The van der Waals surface area contributed by atoms with Crippen LogP contribution in [0.3, 0.4) is 0 Å². The fourth-order valence-corrected chi connectivity index (χ4v) is 2.99. The second-order valence-electron chi connectivity index (χ2n) is 4.32. The van der Waals surface area contributed by atoms with Crippen LogP contribution in [0, 0.1) is 0 Å². The molecule has 1 fully saturated rings. The van der Waals surface area contributed by atoms with Crippen LogP contribution >= 0.6 is 11.8 Å². The van der Waals surface area contributed by atoms with Crippen molar-refractivity contribution in [3.8, 4) is 5.69 Å². The summed E-state index contributed by atoms with van der Waals surface area (Å²) in [6.45, 7) is 1.67. The predicted molar refractivity (Wildman–Crippen MR) is 74.6 cm³/mol. The van der Waals surface area contributed by atoms with Gasteiger partial charge in [-0.25, -0.2) is 0 Å². The number of hydrogen-bond acceptors (Lipinski definition) is 4. The maximum Gasteiger partial charge on any atom is 0.253 e. The van der Waals surface area contributed by atoms with E-state index < -0.39 is 0 Å². The summed E-state index contributed by atoms with van der Waals surface area (Å²) in [6.07, 6.45) is 3.25. The molecular weight excluding hydrogens is 260 g/mol. The highest BCUT2D eigenvalue weighted by atomic mass is 32.2. The molecule has 0 spiro atoms. The molecule has 1 saturated heterocycles. The lowest BCUT2D eigenvalue weighted by atomic mass is 10.1. The fourth-order valence-electron chi connectivity index (χ4n) is 2.08. The second-order valence-corrected chi connectivity index (χ2v) is 5.55. The minimum Gasteiger partial charge on any atom is -0.337 e. The van der Waals surface area contributed by atoms with Crippen LogP contribution in [0.15, 0.2) is 36.9 Å². The molecule has 2 aromatic rings. The third-order valence-electron chi connectivity index (χ3n) is 3.11. The average molecular weight is 274 g/mol. The average Bonchev–Trinajstić information content (AvgIpc) is 3.02. The summed E-state index contributed by atoms with van der Waals surface area (Å²) < 4.78 is 1.79. The molecule has 0 unspecified atom stereocenters. The lowest BCUT2D eigenvalue weighted by molar-refractivity contribution is 0.0772. The van der Waals surface area contributed by atoms with E-state index in [4.69, 9.17) is 0 Å². The van der Waals surface area contributed by atoms with Gasteiger partial charge in [-0.15, -0.1) is 10.2 Å². The van der Waals surface area contributed by atoms with E-state index in [0.717, 1.165) is 35.8 Å². The summed E-state index contributed by atoms with van der Waals surface area (Å²) in [7, 11) is 0. The van der Waals surface area contributed by atoms with Gasteiger partial charge in [0.05, 0.1) is 0 Å². The van der Waals surface area contributed by atoms with Crippen molar-refractivity contribution in [2.75, 3.05) is 24.6 Å². The van der Waals surface area contributed by atoms with E-state index in [9.17, 15) is 4.79 Å². The minimum absolute atomic E-state index is 0.107. The monoisotopic (exact) mass is 274 g/mol. The molecule has 0 atom stereocenters. The van der Waals surface area contributed by atoms with Gasteiger partial charge in [0.2, 0.25) is 0 Å². The molecule has 0 radical (unpaired) electrons. The van der Waals surface area contributed by atoms with Crippen molar-refractivity contribution < 1.29 is 4.79 Å². The zero-order chi connectivity index (χ0) is 13.1. The highest BCUT2D eigenvalue weighted by Gasteiger charge is 2.18. The van der Waals surface area contributed by atoms with Crippen molar-refractivity contribution in [3.63, 3.8) is 0 Å². The molecule has 0 N–H and O–H groups in total. The van der Waals surface area contributed by atoms with Crippen LogP contribution in [0.2, 0.25) is 0 Å². The van der Waals surface area contributed by atoms with Crippen LogP contribution in [-0.2, 0) is 0 Å². The largest absolute Gasteiger partial charge is 0.337 e. The molecule has 5 nitrogen and oxygen atoms in total. The molecule has 19 heavy (non-hydrogen) atoms. The van der Waals surface area contributed by atoms with Crippen LogP contribution in [0.5, 0.6) is 0 Å². The van der Waals surface area contributed by atoms with Gasteiger partial charge in [-0.1, -0.05) is 6.07 Å². The third-order valence-corrected chi connectivity index (χ3v) is 4.05. The van der Waals surface area contributed by atoms with Gasteiger partial charge in [0.15, 0.2) is 0 Å². The molecule has 98 valence electrons. The van der Waals surface area contributed by atoms with Gasteiger partial charge in [0.1, 0.15) is 12.7 Å². The van der Waals surface area contributed by atoms with Crippen molar-refractivity contribution >= 4 is 17.7 Å². The van der Waals surface area contributed by atoms with Gasteiger partial charge < -0.3 is 4.90 Å². The molecule has 3 rings (SSSR count). The second kappa shape index (κ2) is 5.44. The van der Waals surface area contributed by atoms with Gasteiger partial charge in [-0.3, -0.25) is 9.36 Å². The van der Waals surface area contributed by atoms with E-state index in [0.29, 0.717) is 0 Å². The van der Waals surface area contributed by atoms with Crippen molar-refractivity contribution in [1.82, 2.24) is 19.7 Å². The van der Waals surface area contributed by atoms with Crippen molar-refractivity contribution in [1.29, 1.82) is 0 Å². The van der Waals surface area contributed by atoms with Gasteiger partial charge in [-0.2, -0.15) is 11.8 Å². The standard InChI is InChI=1S/C13H14N4OS/c18-13(16-4-6-19-7-5-16)11-2-1-3-12(8-11)17-9-14-15-10-17/h1-3,8-10H,4-7H2. The summed E-state index contributed by atoms with van der Waals surface area (Å²) >= 11 is 1.90. The maximum atomic E-state index is 12.4. The smallest absolute Gasteiger partial charge is 0.253 e. The van der Waals surface area contributed by atoms with Crippen LogP contribution in [0.1, 0.15) is 10.4 Å². The summed E-state index contributed by atoms with van der Waals surface area (Å²) in [4.78, 5) is 14.3. The fraction of sp³-hybridized carbons (Fsp3) is 0.308. The minimum atomic E-state index is 0.107. The summed E-state index contributed by atoms with van der Waals surface area (Å²) in [6, 6.07) is 7.57. The maximum absolute atomic E-state index is 12.4. The quantitative estimate of drug-likeness (QED) is 0.832. The van der Waals surface area contributed by atoms with E-state index in [2.05, 4.69) is 10.2 Å². The first-order valence-electron chi connectivity index (χ1n) is 6.17. The van der Waals surface area contributed by atoms with Gasteiger partial charge >= 0.3 is 0 Å². The van der Waals surface area contributed by atoms with Crippen LogP contribution in [0.4, 0.5) is 0 Å². The zero-order valence-corrected chi connectivity index (χ0v) is 11.2. The molecule has 1 aliphatic heterocycles. The van der Waals surface area contributed by atoms with E-state index in [1.165, 1.54) is 0 Å². The Morgan fingerprint density at radius 2 is 1.89 bits per heavy atom. The third kappa shape index (κ3) is 2.63. The molecule has 6 heteroatoms. The van der Waals surface area contributed by atoms with Crippen LogP contribution < -0.4 is 0 Å². The number of benzene rings is 1. The van der Waals surface area contributed by atoms with Crippen LogP contribution in [-0.4, -0.2) is 50.2 Å². The van der Waals surface area contributed by atoms with Crippen molar-refractivity contribution in [3.05, 3.63) is 42.5 Å². The van der Waals surface area contributed by atoms with Gasteiger partial charge in [0, 0.05) is 35.8 Å². The predicted octanol–water partition coefficient (Wildman–Crippen LogP) is 1.46. The Balaban J connectivity index is 1.84. The van der Waals surface area contributed by atoms with Crippen LogP contribution in [0.25, 0.3) is 5.69 Å². The Kier molecular flexibility index (Phi) is 3.50. The van der Waals surface area contributed by atoms with Gasteiger partial charge in [-0.05, 0) is 18.2 Å². The first-order valence-corrected chi connectivity index (χ1v) is 7.32. The molecule has 1 aromatic carbocycles. The molecule has 0 saturated carbocycles. The Labute approximate surface area is 115 Å². The zero-order valence-electron chi connectivity index (χ0n) is 10.4. The molecule has 2 heterocycles. The number of amides is 1. The van der Waals surface area contributed by atoms with Crippen molar-refractivity contribution in [2.45, 2.75) is 0 Å². The SMILES string of the molecule is O=C(c1cccc(-n2cnnc2)c1)N1CCSCC1. The molecule has 1 aliphatic rings. The molecule has 1 amide bonds. The molecular formula is C13H14N4OS. The number of carbonyl (C=O) groups is 1. The van der Waals surface area contributed by atoms with Gasteiger partial charge in [0.25, 0.3) is 5.91 Å². The first-order chi connectivity index (χ1) is 9.34. The molecule has 1 aromatic heterocycles. The first kappa shape index (κ1) is 12.2.